The SMILES string of the molecule is N#CS.Nc1c2c(nc3ccc(NC(=C4CCC4)c4ccccc4CN4CCN(c5ccc(C(F)(F)F)cc5)CC4)cc13)CCCC2. The van der Waals surface area contributed by atoms with E-state index in [1.807, 2.05) is 0 Å². The fourth-order valence-electron chi connectivity index (χ4n) is 6.80. The minimum atomic E-state index is -4.31. The van der Waals surface area contributed by atoms with Crippen LogP contribution in [0.4, 0.5) is 30.2 Å². The topological polar surface area (TPSA) is 81.2 Å². The molecule has 2 heterocycles. The number of alkyl halides is 3. The van der Waals surface area contributed by atoms with Crippen molar-refractivity contribution in [3.8, 4) is 5.40 Å². The van der Waals surface area contributed by atoms with E-state index in [4.69, 9.17) is 16.0 Å². The van der Waals surface area contributed by atoms with Gasteiger partial charge >= 0.3 is 6.18 Å². The van der Waals surface area contributed by atoms with Gasteiger partial charge in [0.1, 0.15) is 5.40 Å². The molecule has 4 aromatic rings. The number of nitrogens with one attached hydrogen (secondary N) is 1. The molecule has 0 spiro atoms. The Morgan fingerprint density at radius 2 is 1.62 bits per heavy atom. The van der Waals surface area contributed by atoms with Crippen molar-refractivity contribution in [1.29, 1.82) is 5.26 Å². The van der Waals surface area contributed by atoms with Crippen LogP contribution in [0.2, 0.25) is 0 Å². The molecule has 0 amide bonds. The first-order chi connectivity index (χ1) is 22.7. The number of halogens is 3. The van der Waals surface area contributed by atoms with Crippen molar-refractivity contribution < 1.29 is 13.2 Å². The molecule has 1 aliphatic heterocycles. The molecule has 1 saturated carbocycles. The third-order valence-corrected chi connectivity index (χ3v) is 9.50. The van der Waals surface area contributed by atoms with Gasteiger partial charge in [-0.05, 0) is 104 Å². The van der Waals surface area contributed by atoms with Crippen LogP contribution in [0.15, 0.2) is 72.3 Å². The second-order valence-electron chi connectivity index (χ2n) is 12.4. The van der Waals surface area contributed by atoms with Crippen LogP contribution in [0.25, 0.3) is 16.6 Å². The van der Waals surface area contributed by atoms with E-state index in [0.717, 1.165) is 92.1 Å². The van der Waals surface area contributed by atoms with Crippen molar-refractivity contribution in [3.63, 3.8) is 0 Å². The number of allylic oxidation sites excluding steroid dienone is 1. The van der Waals surface area contributed by atoms with Gasteiger partial charge in [-0.2, -0.15) is 18.4 Å². The van der Waals surface area contributed by atoms with Crippen molar-refractivity contribution in [2.45, 2.75) is 57.7 Å². The van der Waals surface area contributed by atoms with Gasteiger partial charge in [0, 0.05) is 72.1 Å². The molecule has 47 heavy (non-hydrogen) atoms. The summed E-state index contributed by atoms with van der Waals surface area (Å²) in [6.45, 7) is 4.05. The molecule has 7 rings (SSSR count). The lowest BCUT2D eigenvalue weighted by Crippen LogP contribution is -2.46. The zero-order valence-electron chi connectivity index (χ0n) is 26.3. The standard InChI is InChI=1S/C36H38F3N5.CHNS/c37-36(38,39)26-12-15-28(16-13-26)44-20-18-43(19-21-44)23-25-6-1-2-9-29(25)35(24-7-5-8-24)41-27-14-17-33-31(22-27)34(40)30-10-3-4-11-32(30)42-33;2-1-3/h1-2,6,9,12-17,22,41H,3-5,7-8,10-11,18-21,23H2,(H2,40,42);3H. The maximum atomic E-state index is 13.0. The molecule has 3 N–H and O–H groups in total. The highest BCUT2D eigenvalue weighted by molar-refractivity contribution is 7.85. The second kappa shape index (κ2) is 14.3. The van der Waals surface area contributed by atoms with Crippen LogP contribution in [0, 0.1) is 10.7 Å². The summed E-state index contributed by atoms with van der Waals surface area (Å²) in [5.74, 6) is 0. The number of hydrogen-bond donors (Lipinski definition) is 3. The normalized spacial score (nSPS) is 16.4. The lowest BCUT2D eigenvalue weighted by atomic mass is 9.87. The Hall–Kier alpha value is -4.20. The first kappa shape index (κ1) is 32.7. The van der Waals surface area contributed by atoms with Gasteiger partial charge in [-0.1, -0.05) is 36.9 Å². The summed E-state index contributed by atoms with van der Waals surface area (Å²) in [6.07, 6.45) is 3.42. The fourth-order valence-corrected chi connectivity index (χ4v) is 6.80. The fraction of sp³-hybridized carbons (Fsp3) is 0.351. The zero-order valence-corrected chi connectivity index (χ0v) is 27.2. The van der Waals surface area contributed by atoms with Crippen molar-refractivity contribution >= 4 is 46.3 Å². The number of nitrogens with two attached hydrogens (primary N) is 1. The molecule has 3 aromatic carbocycles. The van der Waals surface area contributed by atoms with Crippen molar-refractivity contribution in [2.75, 3.05) is 42.1 Å². The van der Waals surface area contributed by atoms with Gasteiger partial charge in [-0.25, -0.2) is 0 Å². The molecule has 2 aliphatic carbocycles. The molecule has 0 atom stereocenters. The smallest absolute Gasteiger partial charge is 0.398 e. The highest BCUT2D eigenvalue weighted by atomic mass is 32.1. The highest BCUT2D eigenvalue weighted by Gasteiger charge is 2.30. The zero-order chi connectivity index (χ0) is 33.0. The third-order valence-electron chi connectivity index (χ3n) is 9.50. The van der Waals surface area contributed by atoms with Gasteiger partial charge < -0.3 is 16.0 Å². The number of benzene rings is 3. The Balaban J connectivity index is 0.00000124. The Bertz CT molecular complexity index is 1800. The van der Waals surface area contributed by atoms with Crippen molar-refractivity contribution in [3.05, 3.63) is 100 Å². The number of thiocyanates is 1. The molecule has 10 heteroatoms. The summed E-state index contributed by atoms with van der Waals surface area (Å²) in [5, 5.41) is 13.5. The van der Waals surface area contributed by atoms with Crippen LogP contribution in [0.3, 0.4) is 0 Å². The number of fused-ring (bicyclic) bond motifs is 2. The number of thiol groups is 1. The first-order valence-electron chi connectivity index (χ1n) is 16.2. The number of hydrogen-bond acceptors (Lipinski definition) is 7. The van der Waals surface area contributed by atoms with Crippen molar-refractivity contribution in [1.82, 2.24) is 9.88 Å². The van der Waals surface area contributed by atoms with E-state index in [2.05, 4.69) is 70.2 Å². The van der Waals surface area contributed by atoms with Crippen LogP contribution in [-0.2, 0) is 25.6 Å². The van der Waals surface area contributed by atoms with E-state index >= 15 is 0 Å². The molecule has 1 saturated heterocycles. The third kappa shape index (κ3) is 7.37. The number of aryl methyl sites for hydroxylation is 1. The maximum absolute atomic E-state index is 13.0. The van der Waals surface area contributed by atoms with Crippen LogP contribution in [0.1, 0.15) is 60.1 Å². The lowest BCUT2D eigenvalue weighted by molar-refractivity contribution is -0.137. The monoisotopic (exact) mass is 656 g/mol. The Morgan fingerprint density at radius 3 is 2.30 bits per heavy atom. The van der Waals surface area contributed by atoms with E-state index in [-0.39, 0.29) is 0 Å². The average Bonchev–Trinajstić information content (AvgIpc) is 3.05. The van der Waals surface area contributed by atoms with E-state index in [1.54, 1.807) is 12.1 Å². The number of nitriles is 1. The number of aromatic nitrogens is 1. The summed E-state index contributed by atoms with van der Waals surface area (Å²) in [7, 11) is 0. The second-order valence-corrected chi connectivity index (χ2v) is 12.6. The van der Waals surface area contributed by atoms with Gasteiger partial charge in [0.25, 0.3) is 0 Å². The van der Waals surface area contributed by atoms with Crippen LogP contribution in [-0.4, -0.2) is 36.1 Å². The molecular weight excluding hydrogens is 618 g/mol. The molecule has 0 bridgehead atoms. The number of pyridine rings is 1. The van der Waals surface area contributed by atoms with Crippen LogP contribution < -0.4 is 16.0 Å². The quantitative estimate of drug-likeness (QED) is 0.143. The molecule has 0 unspecified atom stereocenters. The average molecular weight is 657 g/mol. The molecule has 3 aliphatic rings. The summed E-state index contributed by atoms with van der Waals surface area (Å²) in [6, 6.07) is 20.5. The van der Waals surface area contributed by atoms with E-state index in [9.17, 15) is 13.2 Å². The van der Waals surface area contributed by atoms with Gasteiger partial charge in [0.15, 0.2) is 0 Å². The molecule has 1 aromatic heterocycles. The number of nitrogens with zero attached hydrogens (tertiary/aromatic N) is 4. The Morgan fingerprint density at radius 1 is 0.915 bits per heavy atom. The highest BCUT2D eigenvalue weighted by Crippen LogP contribution is 2.38. The van der Waals surface area contributed by atoms with Gasteiger partial charge in [0.05, 0.1) is 11.1 Å². The van der Waals surface area contributed by atoms with Gasteiger partial charge in [-0.3, -0.25) is 9.88 Å². The molecule has 244 valence electrons. The summed E-state index contributed by atoms with van der Waals surface area (Å²) >= 11 is 3.09. The van der Waals surface area contributed by atoms with Gasteiger partial charge in [0.2, 0.25) is 0 Å². The summed E-state index contributed by atoms with van der Waals surface area (Å²) in [5.41, 5.74) is 17.3. The molecular formula is C37H39F3N6S. The van der Waals surface area contributed by atoms with Crippen molar-refractivity contribution in [2.24, 2.45) is 0 Å². The van der Waals surface area contributed by atoms with Crippen LogP contribution in [0.5, 0.6) is 0 Å². The predicted molar refractivity (Wildman–Crippen MR) is 187 cm³/mol. The first-order valence-corrected chi connectivity index (χ1v) is 16.7. The number of piperazine rings is 1. The van der Waals surface area contributed by atoms with Crippen LogP contribution >= 0.6 is 12.6 Å². The molecule has 6 nitrogen and oxygen atoms in total. The number of nitrogen functional groups attached to an aromatic ring is 1. The summed E-state index contributed by atoms with van der Waals surface area (Å²) < 4.78 is 39.0. The van der Waals surface area contributed by atoms with E-state index in [1.165, 1.54) is 64.8 Å². The summed E-state index contributed by atoms with van der Waals surface area (Å²) in [4.78, 5) is 9.57. The Labute approximate surface area is 279 Å². The minimum Gasteiger partial charge on any atom is -0.398 e. The largest absolute Gasteiger partial charge is 0.416 e. The predicted octanol–water partition coefficient (Wildman–Crippen LogP) is 8.44. The Kier molecular flexibility index (Phi) is 9.95. The van der Waals surface area contributed by atoms with Gasteiger partial charge in [-0.15, -0.1) is 0 Å². The molecule has 0 radical (unpaired) electrons. The number of rotatable bonds is 6. The lowest BCUT2D eigenvalue weighted by Gasteiger charge is -2.36. The number of anilines is 3. The maximum Gasteiger partial charge on any atom is 0.416 e. The molecule has 2 fully saturated rings. The minimum absolute atomic E-state index is 0.607. The van der Waals surface area contributed by atoms with E-state index in [0.29, 0.717) is 0 Å². The van der Waals surface area contributed by atoms with E-state index < -0.39 is 11.7 Å².